The summed E-state index contributed by atoms with van der Waals surface area (Å²) < 4.78 is 1.89. The fourth-order valence-electron chi connectivity index (χ4n) is 2.17. The van der Waals surface area contributed by atoms with Crippen molar-refractivity contribution in [1.82, 2.24) is 19.5 Å². The molecule has 0 bridgehead atoms. The summed E-state index contributed by atoms with van der Waals surface area (Å²) >= 11 is 12.4. The number of fused-ring (bicyclic) bond motifs is 1. The number of imidazole rings is 1. The molecule has 2 heterocycles. The van der Waals surface area contributed by atoms with Gasteiger partial charge in [-0.25, -0.2) is 15.0 Å². The van der Waals surface area contributed by atoms with E-state index in [0.717, 1.165) is 22.9 Å². The minimum atomic E-state index is 0.494. The lowest BCUT2D eigenvalue weighted by Gasteiger charge is -2.18. The molecule has 108 valence electrons. The molecular weight excluding hydrogens is 309 g/mol. The van der Waals surface area contributed by atoms with Gasteiger partial charge in [0.15, 0.2) is 17.3 Å². The molecule has 2 aliphatic heterocycles. The summed E-state index contributed by atoms with van der Waals surface area (Å²) in [5.74, 6) is 1.54. The minimum absolute atomic E-state index is 0.494. The predicted octanol–water partition coefficient (Wildman–Crippen LogP) is 3.20. The summed E-state index contributed by atoms with van der Waals surface area (Å²) in [5, 5.41) is 1.25. The molecule has 21 heavy (non-hydrogen) atoms. The summed E-state index contributed by atoms with van der Waals surface area (Å²) in [6, 6.07) is 5.46. The van der Waals surface area contributed by atoms with Crippen LogP contribution in [-0.2, 0) is 6.54 Å². The van der Waals surface area contributed by atoms with Gasteiger partial charge in [-0.15, -0.1) is 0 Å². The topological polar surface area (TPSA) is 46.8 Å². The van der Waals surface area contributed by atoms with Crippen LogP contribution in [0.15, 0.2) is 30.9 Å². The lowest BCUT2D eigenvalue weighted by molar-refractivity contribution is 0.758. The van der Waals surface area contributed by atoms with Crippen molar-refractivity contribution in [3.63, 3.8) is 0 Å². The Morgan fingerprint density at radius 1 is 1.10 bits per heavy atom. The van der Waals surface area contributed by atoms with Crippen molar-refractivity contribution < 1.29 is 0 Å². The summed E-state index contributed by atoms with van der Waals surface area (Å²) in [6.45, 7) is 0.494. The molecule has 0 saturated carbocycles. The molecule has 1 aromatic rings. The number of rotatable bonds is 3. The first-order valence-corrected chi connectivity index (χ1v) is 7.09. The van der Waals surface area contributed by atoms with Gasteiger partial charge in [0.25, 0.3) is 0 Å². The second-order valence-corrected chi connectivity index (χ2v) is 5.65. The number of anilines is 1. The standard InChI is InChI=1S/C14H13Cl2N5/c1-20(2)13-12-14(18-7-17-12)21(8-19-13)6-9-10(15)4-3-5-11(9)16/h3-5,7-8H,6H2,1-2H3. The molecule has 7 heteroatoms. The predicted molar refractivity (Wildman–Crippen MR) is 84.3 cm³/mol. The van der Waals surface area contributed by atoms with Crippen LogP contribution in [0.3, 0.4) is 0 Å². The van der Waals surface area contributed by atoms with E-state index < -0.39 is 0 Å². The van der Waals surface area contributed by atoms with Gasteiger partial charge in [-0.3, -0.25) is 0 Å². The van der Waals surface area contributed by atoms with E-state index in [0.29, 0.717) is 16.6 Å². The number of halogens is 2. The fourth-order valence-corrected chi connectivity index (χ4v) is 2.68. The number of hydrogen-bond donors (Lipinski definition) is 0. The third kappa shape index (κ3) is 2.54. The minimum Gasteiger partial charge on any atom is -0.361 e. The van der Waals surface area contributed by atoms with Gasteiger partial charge in [0.2, 0.25) is 0 Å². The summed E-state index contributed by atoms with van der Waals surface area (Å²) in [6.07, 6.45) is 3.26. The van der Waals surface area contributed by atoms with Gasteiger partial charge in [0.05, 0.1) is 12.9 Å². The van der Waals surface area contributed by atoms with Gasteiger partial charge in [-0.2, -0.15) is 0 Å². The van der Waals surface area contributed by atoms with Gasteiger partial charge in [0, 0.05) is 29.7 Å². The average molecular weight is 322 g/mol. The van der Waals surface area contributed by atoms with Crippen molar-refractivity contribution in [2.45, 2.75) is 6.54 Å². The number of hydrogen-bond acceptors (Lipinski definition) is 4. The molecule has 0 saturated heterocycles. The van der Waals surface area contributed by atoms with Crippen molar-refractivity contribution in [3.05, 3.63) is 46.5 Å². The molecule has 0 unspecified atom stereocenters. The molecule has 0 N–H and O–H groups in total. The maximum atomic E-state index is 6.22. The van der Waals surface area contributed by atoms with E-state index in [-0.39, 0.29) is 0 Å². The van der Waals surface area contributed by atoms with E-state index in [9.17, 15) is 0 Å². The van der Waals surface area contributed by atoms with Crippen LogP contribution in [0.1, 0.15) is 5.56 Å². The van der Waals surface area contributed by atoms with Crippen LogP contribution in [0, 0.1) is 0 Å². The van der Waals surface area contributed by atoms with Crippen LogP contribution in [0.4, 0.5) is 5.82 Å². The number of nitrogens with zero attached hydrogens (tertiary/aromatic N) is 5. The van der Waals surface area contributed by atoms with Gasteiger partial charge < -0.3 is 9.47 Å². The van der Waals surface area contributed by atoms with E-state index >= 15 is 0 Å². The first-order chi connectivity index (χ1) is 10.1. The van der Waals surface area contributed by atoms with Gasteiger partial charge in [-0.1, -0.05) is 29.3 Å². The van der Waals surface area contributed by atoms with Crippen LogP contribution < -0.4 is 4.90 Å². The zero-order valence-corrected chi connectivity index (χ0v) is 13.1. The monoisotopic (exact) mass is 321 g/mol. The second kappa shape index (κ2) is 5.50. The maximum Gasteiger partial charge on any atom is 0.165 e. The van der Waals surface area contributed by atoms with Crippen LogP contribution in [-0.4, -0.2) is 33.6 Å². The molecule has 3 rings (SSSR count). The van der Waals surface area contributed by atoms with Gasteiger partial charge in [-0.05, 0) is 12.1 Å². The largest absolute Gasteiger partial charge is 0.361 e. The van der Waals surface area contributed by atoms with Gasteiger partial charge >= 0.3 is 0 Å². The third-order valence-electron chi connectivity index (χ3n) is 3.20. The highest BCUT2D eigenvalue weighted by Crippen LogP contribution is 2.29. The highest BCUT2D eigenvalue weighted by molar-refractivity contribution is 6.35. The second-order valence-electron chi connectivity index (χ2n) is 4.84. The van der Waals surface area contributed by atoms with Crippen LogP contribution >= 0.6 is 23.2 Å². The Morgan fingerprint density at radius 2 is 1.81 bits per heavy atom. The normalized spacial score (nSPS) is 11.0. The molecule has 2 aliphatic rings. The molecule has 0 amide bonds. The number of benzene rings is 1. The third-order valence-corrected chi connectivity index (χ3v) is 3.90. The molecule has 0 spiro atoms. The molecule has 1 aromatic carbocycles. The van der Waals surface area contributed by atoms with E-state index in [1.54, 1.807) is 6.33 Å². The molecular formula is C14H13Cl2N5. The lowest BCUT2D eigenvalue weighted by atomic mass is 10.2. The Labute approximate surface area is 132 Å². The van der Waals surface area contributed by atoms with E-state index in [1.165, 1.54) is 6.33 Å². The molecule has 0 atom stereocenters. The van der Waals surface area contributed by atoms with Crippen molar-refractivity contribution in [2.75, 3.05) is 19.0 Å². The summed E-state index contributed by atoms with van der Waals surface area (Å²) in [4.78, 5) is 14.9. The quantitative estimate of drug-likeness (QED) is 0.743. The van der Waals surface area contributed by atoms with Crippen molar-refractivity contribution >= 4 is 29.0 Å². The Bertz CT molecular complexity index is 733. The molecule has 0 aliphatic carbocycles. The maximum absolute atomic E-state index is 6.22. The first-order valence-electron chi connectivity index (χ1n) is 6.34. The van der Waals surface area contributed by atoms with Crippen molar-refractivity contribution in [1.29, 1.82) is 0 Å². The van der Waals surface area contributed by atoms with Gasteiger partial charge in [0.1, 0.15) is 6.33 Å². The highest BCUT2D eigenvalue weighted by atomic mass is 35.5. The fraction of sp³-hybridized carbons (Fsp3) is 0.214. The molecule has 0 aromatic heterocycles. The Hall–Kier alpha value is -1.85. The van der Waals surface area contributed by atoms with E-state index in [2.05, 4.69) is 15.0 Å². The lowest BCUT2D eigenvalue weighted by Crippen LogP contribution is -2.16. The number of aromatic nitrogens is 4. The summed E-state index contributed by atoms with van der Waals surface area (Å²) in [5.41, 5.74) is 1.60. The van der Waals surface area contributed by atoms with Crippen molar-refractivity contribution in [2.24, 2.45) is 0 Å². The smallest absolute Gasteiger partial charge is 0.165 e. The molecule has 0 fully saturated rings. The Kier molecular flexibility index (Phi) is 3.69. The molecule has 5 nitrogen and oxygen atoms in total. The Morgan fingerprint density at radius 3 is 2.48 bits per heavy atom. The van der Waals surface area contributed by atoms with Crippen LogP contribution in [0.5, 0.6) is 0 Å². The highest BCUT2D eigenvalue weighted by Gasteiger charge is 2.19. The molecule has 0 radical (unpaired) electrons. The van der Waals surface area contributed by atoms with E-state index in [4.69, 9.17) is 23.2 Å². The van der Waals surface area contributed by atoms with E-state index in [1.807, 2.05) is 41.8 Å². The van der Waals surface area contributed by atoms with Crippen LogP contribution in [0.25, 0.3) is 11.5 Å². The first kappa shape index (κ1) is 14.1. The summed E-state index contributed by atoms with van der Waals surface area (Å²) in [7, 11) is 3.84. The SMILES string of the molecule is CN(C)c1ncn(Cc2c(Cl)cccc2Cl)c2ncnc1-2. The van der Waals surface area contributed by atoms with Crippen LogP contribution in [0.2, 0.25) is 10.0 Å². The average Bonchev–Trinajstić information content (AvgIpc) is 2.92. The Balaban J connectivity index is 2.06. The zero-order chi connectivity index (χ0) is 15.0. The zero-order valence-electron chi connectivity index (χ0n) is 11.6. The van der Waals surface area contributed by atoms with Crippen molar-refractivity contribution in [3.8, 4) is 11.5 Å².